The molecule has 1 N–H and O–H groups in total. The molecule has 1 aliphatic heterocycles. The van der Waals surface area contributed by atoms with Gasteiger partial charge in [0.15, 0.2) is 21.3 Å². The van der Waals surface area contributed by atoms with E-state index in [1.807, 2.05) is 25.1 Å². The molecule has 0 aliphatic carbocycles. The number of sulfone groups is 1. The van der Waals surface area contributed by atoms with Gasteiger partial charge < -0.3 is 14.8 Å². The Morgan fingerprint density at radius 2 is 1.74 bits per heavy atom. The van der Waals surface area contributed by atoms with Gasteiger partial charge in [-0.3, -0.25) is 4.79 Å². The maximum Gasteiger partial charge on any atom is 0.220 e. The van der Waals surface area contributed by atoms with Crippen LogP contribution < -0.4 is 14.8 Å². The minimum atomic E-state index is -3.22. The third-order valence-electron chi connectivity index (χ3n) is 4.43. The molecule has 2 aromatic rings. The van der Waals surface area contributed by atoms with Crippen LogP contribution in [0, 0.1) is 0 Å². The minimum Gasteiger partial charge on any atom is -0.486 e. The average molecular weight is 389 g/mol. The molecule has 3 rings (SSSR count). The molecule has 2 aromatic carbocycles. The van der Waals surface area contributed by atoms with Crippen molar-refractivity contribution in [2.45, 2.75) is 30.7 Å². The Bertz CT molecular complexity index is 922. The lowest BCUT2D eigenvalue weighted by atomic mass is 10.1. The van der Waals surface area contributed by atoms with Gasteiger partial charge in [0.1, 0.15) is 13.2 Å². The molecule has 0 spiro atoms. The predicted octanol–water partition coefficient (Wildman–Crippen LogP) is 2.67. The van der Waals surface area contributed by atoms with E-state index in [1.54, 1.807) is 24.3 Å². The number of hydrogen-bond donors (Lipinski definition) is 1. The van der Waals surface area contributed by atoms with Crippen molar-refractivity contribution in [1.82, 2.24) is 5.32 Å². The molecule has 0 unspecified atom stereocenters. The average Bonchev–Trinajstić information content (AvgIpc) is 2.65. The molecule has 0 aromatic heterocycles. The van der Waals surface area contributed by atoms with Gasteiger partial charge in [-0.2, -0.15) is 0 Å². The first-order chi connectivity index (χ1) is 12.8. The van der Waals surface area contributed by atoms with Crippen LogP contribution in [0.4, 0.5) is 0 Å². The maximum absolute atomic E-state index is 12.3. The molecular weight excluding hydrogens is 366 g/mol. The number of carbonyl (C=O) groups excluding carboxylic acids is 1. The third kappa shape index (κ3) is 5.01. The van der Waals surface area contributed by atoms with Crippen molar-refractivity contribution in [3.05, 3.63) is 53.6 Å². The number of hydrogen-bond acceptors (Lipinski definition) is 5. The summed E-state index contributed by atoms with van der Waals surface area (Å²) in [6, 6.07) is 12.1. The van der Waals surface area contributed by atoms with Crippen LogP contribution in [0.15, 0.2) is 47.4 Å². The van der Waals surface area contributed by atoms with Gasteiger partial charge in [0.25, 0.3) is 0 Å². The third-order valence-corrected chi connectivity index (χ3v) is 5.56. The van der Waals surface area contributed by atoms with Gasteiger partial charge in [0.2, 0.25) is 5.91 Å². The highest BCUT2D eigenvalue weighted by Gasteiger charge is 2.14. The Hall–Kier alpha value is -2.54. The fourth-order valence-electron chi connectivity index (χ4n) is 2.90. The van der Waals surface area contributed by atoms with Crippen LogP contribution in [0.2, 0.25) is 0 Å². The quantitative estimate of drug-likeness (QED) is 0.821. The first kappa shape index (κ1) is 19.2. The van der Waals surface area contributed by atoms with Crippen LogP contribution in [0.5, 0.6) is 11.5 Å². The van der Waals surface area contributed by atoms with E-state index in [0.29, 0.717) is 26.1 Å². The number of rotatable bonds is 6. The summed E-state index contributed by atoms with van der Waals surface area (Å²) >= 11 is 0. The number of nitrogens with one attached hydrogen (secondary N) is 1. The lowest BCUT2D eigenvalue weighted by Gasteiger charge is -2.19. The normalized spacial score (nSPS) is 14.4. The number of ether oxygens (including phenoxy) is 2. The van der Waals surface area contributed by atoms with E-state index in [2.05, 4.69) is 5.32 Å². The molecule has 1 aliphatic rings. The van der Waals surface area contributed by atoms with Gasteiger partial charge in [-0.25, -0.2) is 8.42 Å². The number of benzene rings is 2. The van der Waals surface area contributed by atoms with Gasteiger partial charge in [-0.15, -0.1) is 0 Å². The van der Waals surface area contributed by atoms with Gasteiger partial charge in [-0.05, 0) is 48.7 Å². The molecular formula is C20H23NO5S. The predicted molar refractivity (Wildman–Crippen MR) is 102 cm³/mol. The van der Waals surface area contributed by atoms with Gasteiger partial charge in [-0.1, -0.05) is 18.2 Å². The van der Waals surface area contributed by atoms with E-state index in [0.717, 1.165) is 22.6 Å². The molecule has 0 saturated carbocycles. The lowest BCUT2D eigenvalue weighted by Crippen LogP contribution is -2.26. The van der Waals surface area contributed by atoms with E-state index in [-0.39, 0.29) is 16.8 Å². The summed E-state index contributed by atoms with van der Waals surface area (Å²) in [5.74, 6) is 1.39. The first-order valence-corrected chi connectivity index (χ1v) is 10.7. The van der Waals surface area contributed by atoms with Crippen LogP contribution >= 0.6 is 0 Å². The minimum absolute atomic E-state index is 0.0652. The molecule has 27 heavy (non-hydrogen) atoms. The van der Waals surface area contributed by atoms with Crippen molar-refractivity contribution in [3.63, 3.8) is 0 Å². The van der Waals surface area contributed by atoms with Crippen molar-refractivity contribution >= 4 is 15.7 Å². The lowest BCUT2D eigenvalue weighted by molar-refractivity contribution is -0.121. The zero-order chi connectivity index (χ0) is 19.4. The second kappa shape index (κ2) is 8.00. The van der Waals surface area contributed by atoms with Crippen molar-refractivity contribution < 1.29 is 22.7 Å². The molecule has 1 atom stereocenters. The summed E-state index contributed by atoms with van der Waals surface area (Å²) in [5.41, 5.74) is 1.87. The van der Waals surface area contributed by atoms with Crippen LogP contribution in [-0.2, 0) is 21.1 Å². The van der Waals surface area contributed by atoms with E-state index < -0.39 is 9.84 Å². The van der Waals surface area contributed by atoms with Crippen molar-refractivity contribution in [1.29, 1.82) is 0 Å². The summed E-state index contributed by atoms with van der Waals surface area (Å²) in [4.78, 5) is 12.5. The Morgan fingerprint density at radius 3 is 2.41 bits per heavy atom. The fourth-order valence-corrected chi connectivity index (χ4v) is 3.53. The molecule has 0 saturated heterocycles. The van der Waals surface area contributed by atoms with Crippen LogP contribution in [0.1, 0.15) is 30.5 Å². The highest BCUT2D eigenvalue weighted by atomic mass is 32.2. The SMILES string of the molecule is C[C@H](NC(=O)CCc1ccc2c(c1)OCCO2)c1ccc(S(C)(=O)=O)cc1. The molecule has 6 nitrogen and oxygen atoms in total. The maximum atomic E-state index is 12.3. The van der Waals surface area contributed by atoms with Crippen molar-refractivity contribution in [2.24, 2.45) is 0 Å². The molecule has 0 fully saturated rings. The van der Waals surface area contributed by atoms with Crippen LogP contribution in [-0.4, -0.2) is 33.8 Å². The Kier molecular flexibility index (Phi) is 5.70. The fraction of sp³-hybridized carbons (Fsp3) is 0.350. The smallest absolute Gasteiger partial charge is 0.220 e. The second-order valence-electron chi connectivity index (χ2n) is 6.61. The second-order valence-corrected chi connectivity index (χ2v) is 8.62. The molecule has 1 amide bonds. The van der Waals surface area contributed by atoms with Crippen molar-refractivity contribution in [3.8, 4) is 11.5 Å². The summed E-state index contributed by atoms with van der Waals surface area (Å²) < 4.78 is 34.1. The van der Waals surface area contributed by atoms with Gasteiger partial charge >= 0.3 is 0 Å². The monoisotopic (exact) mass is 389 g/mol. The summed E-state index contributed by atoms with van der Waals surface area (Å²) in [7, 11) is -3.22. The molecule has 1 heterocycles. The van der Waals surface area contributed by atoms with Crippen LogP contribution in [0.25, 0.3) is 0 Å². The van der Waals surface area contributed by atoms with E-state index in [9.17, 15) is 13.2 Å². The Balaban J connectivity index is 1.54. The van der Waals surface area contributed by atoms with Gasteiger partial charge in [0, 0.05) is 12.7 Å². The first-order valence-electron chi connectivity index (χ1n) is 8.81. The number of fused-ring (bicyclic) bond motifs is 1. The zero-order valence-corrected chi connectivity index (χ0v) is 16.2. The summed E-state index contributed by atoms with van der Waals surface area (Å²) in [6.45, 7) is 2.96. The summed E-state index contributed by atoms with van der Waals surface area (Å²) in [6.07, 6.45) is 2.12. The molecule has 0 bridgehead atoms. The van der Waals surface area contributed by atoms with E-state index in [1.165, 1.54) is 6.26 Å². The number of aryl methyl sites for hydroxylation is 1. The number of amides is 1. The summed E-state index contributed by atoms with van der Waals surface area (Å²) in [5, 5.41) is 2.94. The largest absolute Gasteiger partial charge is 0.486 e. The Labute approximate surface area is 159 Å². The van der Waals surface area contributed by atoms with Crippen LogP contribution in [0.3, 0.4) is 0 Å². The highest BCUT2D eigenvalue weighted by Crippen LogP contribution is 2.31. The Morgan fingerprint density at radius 1 is 1.07 bits per heavy atom. The van der Waals surface area contributed by atoms with E-state index >= 15 is 0 Å². The standard InChI is InChI=1S/C20H23NO5S/c1-14(16-5-7-17(8-6-16)27(2,23)24)21-20(22)10-4-15-3-9-18-19(13-15)26-12-11-25-18/h3,5-9,13-14H,4,10-12H2,1-2H3,(H,21,22)/t14-/m0/s1. The molecule has 0 radical (unpaired) electrons. The highest BCUT2D eigenvalue weighted by molar-refractivity contribution is 7.90. The molecule has 7 heteroatoms. The topological polar surface area (TPSA) is 81.7 Å². The van der Waals surface area contributed by atoms with Crippen molar-refractivity contribution in [2.75, 3.05) is 19.5 Å². The molecule has 144 valence electrons. The van der Waals surface area contributed by atoms with E-state index in [4.69, 9.17) is 9.47 Å². The zero-order valence-electron chi connectivity index (χ0n) is 15.4. The van der Waals surface area contributed by atoms with Gasteiger partial charge in [0.05, 0.1) is 10.9 Å². The number of carbonyl (C=O) groups is 1.